The van der Waals surface area contributed by atoms with Crippen LogP contribution in [-0.4, -0.2) is 34.1 Å². The van der Waals surface area contributed by atoms with E-state index in [1.165, 1.54) is 5.57 Å². The number of ketones is 1. The fraction of sp³-hybridized carbons (Fsp3) is 0.667. The summed E-state index contributed by atoms with van der Waals surface area (Å²) in [6.07, 6.45) is 7.01. The molecule has 184 valence electrons. The third kappa shape index (κ3) is 8.18. The molecule has 0 aromatic carbocycles. The number of thiazole rings is 1. The molecule has 2 rings (SSSR count). The van der Waals surface area contributed by atoms with Crippen molar-refractivity contribution in [2.75, 3.05) is 0 Å². The molecule has 1 aromatic rings. The minimum absolute atomic E-state index is 0.00403. The monoisotopic (exact) mass is 475 g/mol. The molecule has 0 unspecified atom stereocenters. The van der Waals surface area contributed by atoms with Crippen molar-refractivity contribution in [2.24, 2.45) is 17.3 Å². The van der Waals surface area contributed by atoms with Gasteiger partial charge in [0.2, 0.25) is 0 Å². The van der Waals surface area contributed by atoms with E-state index in [4.69, 9.17) is 4.74 Å². The zero-order valence-corrected chi connectivity index (χ0v) is 22.1. The highest BCUT2D eigenvalue weighted by molar-refractivity contribution is 7.09. The van der Waals surface area contributed by atoms with Gasteiger partial charge in [-0.3, -0.25) is 9.59 Å². The molecule has 33 heavy (non-hydrogen) atoms. The van der Waals surface area contributed by atoms with E-state index in [-0.39, 0.29) is 30.2 Å². The van der Waals surface area contributed by atoms with E-state index in [0.29, 0.717) is 12.8 Å². The van der Waals surface area contributed by atoms with Crippen molar-refractivity contribution in [3.8, 4) is 0 Å². The van der Waals surface area contributed by atoms with Gasteiger partial charge in [0.25, 0.3) is 0 Å². The summed E-state index contributed by atoms with van der Waals surface area (Å²) in [6, 6.07) is 0. The minimum Gasteiger partial charge on any atom is -0.457 e. The molecule has 0 aliphatic carbocycles. The highest BCUT2D eigenvalue weighted by Crippen LogP contribution is 2.32. The van der Waals surface area contributed by atoms with Gasteiger partial charge in [-0.15, -0.1) is 11.3 Å². The van der Waals surface area contributed by atoms with Crippen molar-refractivity contribution in [1.29, 1.82) is 0 Å². The highest BCUT2D eigenvalue weighted by Gasteiger charge is 2.36. The van der Waals surface area contributed by atoms with E-state index >= 15 is 0 Å². The van der Waals surface area contributed by atoms with Crippen molar-refractivity contribution in [2.45, 2.75) is 99.2 Å². The van der Waals surface area contributed by atoms with Crippen LogP contribution in [0, 0.1) is 24.2 Å². The number of Topliss-reactive ketones (excluding diaryl/α,β-unsaturated/α-hetero) is 1. The normalized spacial score (nSPS) is 28.8. The molecule has 1 aromatic heterocycles. The second-order valence-electron chi connectivity index (χ2n) is 10.3. The minimum atomic E-state index is -0.703. The Hall–Kier alpha value is -1.79. The Morgan fingerprint density at radius 3 is 2.58 bits per heavy atom. The summed E-state index contributed by atoms with van der Waals surface area (Å²) in [5.41, 5.74) is 2.38. The van der Waals surface area contributed by atoms with E-state index < -0.39 is 17.4 Å². The number of aromatic nitrogens is 1. The molecular weight excluding hydrogens is 434 g/mol. The number of hydrogen-bond acceptors (Lipinski definition) is 6. The summed E-state index contributed by atoms with van der Waals surface area (Å²) in [5.74, 6) is -0.716. The molecule has 1 aliphatic heterocycles. The molecule has 0 fully saturated rings. The van der Waals surface area contributed by atoms with Gasteiger partial charge in [0.1, 0.15) is 11.9 Å². The molecule has 0 spiro atoms. The standard InChI is InChI=1S/C27H41NO4S/c1-17-9-8-10-18(2)25(30)20(4)26(31)27(6,7)14-13-24(29)32-23(12-11-17)19(3)15-22-16-33-21(5)28-22/h11,15-16,18,20,23,25,30H,8-10,12-14H2,1-7H3/t18-,20+,23-,25-/m0/s1. The van der Waals surface area contributed by atoms with Crippen LogP contribution < -0.4 is 0 Å². The maximum absolute atomic E-state index is 13.1. The number of hydrogen-bond donors (Lipinski definition) is 1. The van der Waals surface area contributed by atoms with E-state index in [2.05, 4.69) is 18.0 Å². The number of ether oxygens (including phenoxy) is 1. The lowest BCUT2D eigenvalue weighted by Gasteiger charge is -2.31. The van der Waals surface area contributed by atoms with Gasteiger partial charge < -0.3 is 9.84 Å². The number of nitrogens with zero attached hydrogens (tertiary/aromatic N) is 1. The first kappa shape index (κ1) is 27.5. The highest BCUT2D eigenvalue weighted by atomic mass is 32.1. The van der Waals surface area contributed by atoms with Crippen molar-refractivity contribution in [3.63, 3.8) is 0 Å². The van der Waals surface area contributed by atoms with Crippen molar-refractivity contribution >= 4 is 29.2 Å². The fourth-order valence-corrected chi connectivity index (χ4v) is 4.97. The molecule has 6 heteroatoms. The van der Waals surface area contributed by atoms with Gasteiger partial charge in [-0.2, -0.15) is 0 Å². The smallest absolute Gasteiger partial charge is 0.306 e. The Morgan fingerprint density at radius 1 is 1.24 bits per heavy atom. The van der Waals surface area contributed by atoms with Crippen molar-refractivity contribution in [1.82, 2.24) is 4.98 Å². The topological polar surface area (TPSA) is 76.5 Å². The summed E-state index contributed by atoms with van der Waals surface area (Å²) in [5, 5.41) is 13.8. The van der Waals surface area contributed by atoms with Gasteiger partial charge in [-0.1, -0.05) is 39.3 Å². The van der Waals surface area contributed by atoms with Crippen LogP contribution in [0.2, 0.25) is 0 Å². The molecular formula is C27H41NO4S. The molecule has 2 heterocycles. The second-order valence-corrected chi connectivity index (χ2v) is 11.4. The number of carbonyl (C=O) groups excluding carboxylic acids is 2. The zero-order valence-electron chi connectivity index (χ0n) is 21.3. The Kier molecular flexibility index (Phi) is 10.0. The van der Waals surface area contributed by atoms with Gasteiger partial charge in [0.15, 0.2) is 0 Å². The molecule has 0 radical (unpaired) electrons. The number of aliphatic hydroxyl groups excluding tert-OH is 1. The number of aliphatic hydroxyl groups is 1. The van der Waals surface area contributed by atoms with E-state index in [9.17, 15) is 14.7 Å². The Labute approximate surface area is 203 Å². The second kappa shape index (κ2) is 12.1. The molecule has 1 aliphatic rings. The van der Waals surface area contributed by atoms with Crippen LogP contribution in [-0.2, 0) is 14.3 Å². The van der Waals surface area contributed by atoms with Crippen molar-refractivity contribution in [3.05, 3.63) is 33.3 Å². The first-order chi connectivity index (χ1) is 15.4. The molecule has 5 nitrogen and oxygen atoms in total. The van der Waals surface area contributed by atoms with E-state index in [1.807, 2.05) is 53.0 Å². The van der Waals surface area contributed by atoms with Crippen LogP contribution in [0.25, 0.3) is 6.08 Å². The lowest BCUT2D eigenvalue weighted by Crippen LogP contribution is -2.39. The predicted molar refractivity (Wildman–Crippen MR) is 135 cm³/mol. The summed E-state index contributed by atoms with van der Waals surface area (Å²) >= 11 is 1.60. The van der Waals surface area contributed by atoms with Gasteiger partial charge in [-0.05, 0) is 64.0 Å². The van der Waals surface area contributed by atoms with Gasteiger partial charge in [-0.25, -0.2) is 4.98 Å². The van der Waals surface area contributed by atoms with Crippen LogP contribution in [0.5, 0.6) is 0 Å². The third-order valence-corrected chi connectivity index (χ3v) is 7.63. The first-order valence-electron chi connectivity index (χ1n) is 12.1. The van der Waals surface area contributed by atoms with E-state index in [1.54, 1.807) is 11.3 Å². The largest absolute Gasteiger partial charge is 0.457 e. The number of esters is 1. The van der Waals surface area contributed by atoms with E-state index in [0.717, 1.165) is 35.5 Å². The van der Waals surface area contributed by atoms with Gasteiger partial charge in [0, 0.05) is 29.6 Å². The Balaban J connectivity index is 2.27. The van der Waals surface area contributed by atoms with Gasteiger partial charge in [0.05, 0.1) is 16.8 Å². The summed E-state index contributed by atoms with van der Waals surface area (Å²) in [7, 11) is 0. The molecule has 0 amide bonds. The average molecular weight is 476 g/mol. The summed E-state index contributed by atoms with van der Waals surface area (Å²) < 4.78 is 5.90. The van der Waals surface area contributed by atoms with Crippen LogP contribution in [0.15, 0.2) is 22.6 Å². The summed E-state index contributed by atoms with van der Waals surface area (Å²) in [6.45, 7) is 13.6. The predicted octanol–water partition coefficient (Wildman–Crippen LogP) is 6.30. The summed E-state index contributed by atoms with van der Waals surface area (Å²) in [4.78, 5) is 30.4. The molecule has 1 N–H and O–H groups in total. The van der Waals surface area contributed by atoms with Gasteiger partial charge >= 0.3 is 5.97 Å². The lowest BCUT2D eigenvalue weighted by molar-refractivity contribution is -0.148. The maximum atomic E-state index is 13.1. The Bertz CT molecular complexity index is 882. The molecule has 0 saturated carbocycles. The van der Waals surface area contributed by atoms with Crippen LogP contribution in [0.1, 0.15) is 90.8 Å². The lowest BCUT2D eigenvalue weighted by atomic mass is 9.74. The maximum Gasteiger partial charge on any atom is 0.306 e. The molecule has 0 saturated heterocycles. The Morgan fingerprint density at radius 2 is 1.94 bits per heavy atom. The molecule has 0 bridgehead atoms. The number of rotatable bonds is 2. The van der Waals surface area contributed by atoms with Crippen molar-refractivity contribution < 1.29 is 19.4 Å². The zero-order chi connectivity index (χ0) is 24.8. The number of aryl methyl sites for hydroxylation is 1. The molecule has 4 atom stereocenters. The number of carbonyl (C=O) groups is 2. The van der Waals surface area contributed by atoms with Crippen LogP contribution in [0.3, 0.4) is 0 Å². The van der Waals surface area contributed by atoms with Crippen LogP contribution >= 0.6 is 11.3 Å². The third-order valence-electron chi connectivity index (χ3n) is 6.83. The number of cyclic esters (lactones) is 1. The van der Waals surface area contributed by atoms with Crippen LogP contribution in [0.4, 0.5) is 0 Å². The number of allylic oxidation sites excluding steroid dienone is 1. The SMILES string of the molecule is CC1=CC[C@@H](C(C)=Cc2csc(C)n2)OC(=O)CCC(C)(C)C(=O)[C@H](C)[C@@H](O)[C@@H](C)CCC1. The quantitative estimate of drug-likeness (QED) is 0.401. The fourth-order valence-electron chi connectivity index (χ4n) is 4.40. The average Bonchev–Trinajstić information content (AvgIpc) is 3.17. The first-order valence-corrected chi connectivity index (χ1v) is 13.0.